The van der Waals surface area contributed by atoms with Crippen LogP contribution in [0.2, 0.25) is 0 Å². The molecule has 1 heterocycles. The maximum absolute atomic E-state index is 12.4. The molecule has 1 aromatic rings. The van der Waals surface area contributed by atoms with Gasteiger partial charge in [-0.2, -0.15) is 0 Å². The molecule has 0 bridgehead atoms. The molecule has 1 aliphatic heterocycles. The lowest BCUT2D eigenvalue weighted by Crippen LogP contribution is -2.43. The van der Waals surface area contributed by atoms with Crippen LogP contribution in [0, 0.1) is 11.8 Å². The fourth-order valence-electron chi connectivity index (χ4n) is 3.16. The smallest absolute Gasteiger partial charge is 0.223 e. The van der Waals surface area contributed by atoms with E-state index in [1.54, 1.807) is 0 Å². The zero-order valence-corrected chi connectivity index (χ0v) is 14.7. The van der Waals surface area contributed by atoms with Gasteiger partial charge in [0.2, 0.25) is 5.91 Å². The molecule has 1 fully saturated rings. The molecule has 124 valence electrons. The fraction of sp³-hybridized carbons (Fsp3) is 0.611. The molecule has 1 amide bonds. The minimum absolute atomic E-state index is 0. The van der Waals surface area contributed by atoms with E-state index in [4.69, 9.17) is 0 Å². The van der Waals surface area contributed by atoms with Gasteiger partial charge in [0.1, 0.15) is 0 Å². The molecule has 4 heteroatoms. The van der Waals surface area contributed by atoms with E-state index < -0.39 is 0 Å². The molecule has 0 spiro atoms. The van der Waals surface area contributed by atoms with Crippen molar-refractivity contribution in [2.24, 2.45) is 11.8 Å². The van der Waals surface area contributed by atoms with Gasteiger partial charge < -0.3 is 10.6 Å². The summed E-state index contributed by atoms with van der Waals surface area (Å²) in [5, 5.41) is 6.58. The summed E-state index contributed by atoms with van der Waals surface area (Å²) in [5.74, 6) is 1.30. The van der Waals surface area contributed by atoms with Crippen LogP contribution in [0.1, 0.15) is 45.1 Å². The second kappa shape index (κ2) is 9.16. The summed E-state index contributed by atoms with van der Waals surface area (Å²) in [4.78, 5) is 12.4. The average Bonchev–Trinajstić information content (AvgIpc) is 2.48. The second-order valence-electron chi connectivity index (χ2n) is 6.58. The summed E-state index contributed by atoms with van der Waals surface area (Å²) in [6, 6.07) is 10.9. The molecule has 0 aliphatic carbocycles. The van der Waals surface area contributed by atoms with Crippen LogP contribution in [-0.4, -0.2) is 25.0 Å². The summed E-state index contributed by atoms with van der Waals surface area (Å²) in [7, 11) is 0. The molecule has 3 atom stereocenters. The Hall–Kier alpha value is -1.06. The van der Waals surface area contributed by atoms with E-state index >= 15 is 0 Å². The van der Waals surface area contributed by atoms with Crippen LogP contribution in [0.15, 0.2) is 30.3 Å². The molecule has 0 saturated carbocycles. The number of carbonyl (C=O) groups excluding carboxylic acids is 1. The van der Waals surface area contributed by atoms with Crippen molar-refractivity contribution in [2.45, 2.75) is 45.6 Å². The minimum Gasteiger partial charge on any atom is -0.355 e. The van der Waals surface area contributed by atoms with E-state index in [-0.39, 0.29) is 24.2 Å². The Bertz CT molecular complexity index is 450. The van der Waals surface area contributed by atoms with Gasteiger partial charge in [0, 0.05) is 24.4 Å². The van der Waals surface area contributed by atoms with Crippen molar-refractivity contribution in [2.75, 3.05) is 13.1 Å². The molecule has 0 radical (unpaired) electrons. The molecular formula is C18H29ClN2O. The summed E-state index contributed by atoms with van der Waals surface area (Å²) in [6.07, 6.45) is 1.90. The Kier molecular flexibility index (Phi) is 7.91. The highest BCUT2D eigenvalue weighted by Crippen LogP contribution is 2.24. The van der Waals surface area contributed by atoms with Gasteiger partial charge in [0.25, 0.3) is 0 Å². The van der Waals surface area contributed by atoms with Gasteiger partial charge in [-0.3, -0.25) is 4.79 Å². The number of hydrogen-bond acceptors (Lipinski definition) is 2. The molecule has 0 aromatic heterocycles. The van der Waals surface area contributed by atoms with E-state index in [0.29, 0.717) is 17.9 Å². The highest BCUT2D eigenvalue weighted by molar-refractivity contribution is 5.85. The highest BCUT2D eigenvalue weighted by atomic mass is 35.5. The number of rotatable bonds is 5. The van der Waals surface area contributed by atoms with Crippen molar-refractivity contribution in [3.63, 3.8) is 0 Å². The molecule has 22 heavy (non-hydrogen) atoms. The van der Waals surface area contributed by atoms with Crippen LogP contribution < -0.4 is 10.6 Å². The lowest BCUT2D eigenvalue weighted by molar-refractivity contribution is -0.126. The molecular weight excluding hydrogens is 296 g/mol. The first kappa shape index (κ1) is 19.0. The van der Waals surface area contributed by atoms with Crippen molar-refractivity contribution in [3.05, 3.63) is 35.9 Å². The van der Waals surface area contributed by atoms with Crippen LogP contribution in [0.3, 0.4) is 0 Å². The normalized spacial score (nSPS) is 22.7. The number of piperidine rings is 1. The Morgan fingerprint density at radius 3 is 2.59 bits per heavy atom. The zero-order chi connectivity index (χ0) is 15.2. The van der Waals surface area contributed by atoms with E-state index in [0.717, 1.165) is 25.9 Å². The Morgan fingerprint density at radius 2 is 2.00 bits per heavy atom. The van der Waals surface area contributed by atoms with Crippen molar-refractivity contribution in [3.8, 4) is 0 Å². The van der Waals surface area contributed by atoms with Crippen LogP contribution in [0.25, 0.3) is 0 Å². The van der Waals surface area contributed by atoms with Gasteiger partial charge in [0.05, 0.1) is 0 Å². The second-order valence-corrected chi connectivity index (χ2v) is 6.58. The topological polar surface area (TPSA) is 41.1 Å². The monoisotopic (exact) mass is 324 g/mol. The first-order chi connectivity index (χ1) is 10.1. The predicted molar refractivity (Wildman–Crippen MR) is 94.5 cm³/mol. The SMILES string of the molecule is CC(C)C(CNC(=O)[C@H]1CCN[C@@H](C)C1)c1ccccc1.Cl. The van der Waals surface area contributed by atoms with Crippen molar-refractivity contribution in [1.82, 2.24) is 10.6 Å². The predicted octanol–water partition coefficient (Wildman–Crippen LogP) is 3.35. The molecule has 1 unspecified atom stereocenters. The van der Waals surface area contributed by atoms with E-state index in [9.17, 15) is 4.79 Å². The quantitative estimate of drug-likeness (QED) is 0.872. The molecule has 1 aromatic carbocycles. The number of halogens is 1. The number of hydrogen-bond donors (Lipinski definition) is 2. The minimum atomic E-state index is 0. The molecule has 1 saturated heterocycles. The maximum atomic E-state index is 12.4. The number of benzene rings is 1. The fourth-order valence-corrected chi connectivity index (χ4v) is 3.16. The largest absolute Gasteiger partial charge is 0.355 e. The summed E-state index contributed by atoms with van der Waals surface area (Å²) >= 11 is 0. The number of nitrogens with one attached hydrogen (secondary N) is 2. The Labute approximate surface area is 140 Å². The third kappa shape index (κ3) is 5.29. The lowest BCUT2D eigenvalue weighted by atomic mass is 9.87. The Morgan fingerprint density at radius 1 is 1.32 bits per heavy atom. The van der Waals surface area contributed by atoms with Crippen LogP contribution >= 0.6 is 12.4 Å². The summed E-state index contributed by atoms with van der Waals surface area (Å²) < 4.78 is 0. The Balaban J connectivity index is 0.00000242. The van der Waals surface area contributed by atoms with Crippen LogP contribution in [-0.2, 0) is 4.79 Å². The van der Waals surface area contributed by atoms with E-state index in [1.807, 2.05) is 6.07 Å². The number of carbonyl (C=O) groups is 1. The van der Waals surface area contributed by atoms with Gasteiger partial charge >= 0.3 is 0 Å². The summed E-state index contributed by atoms with van der Waals surface area (Å²) in [5.41, 5.74) is 1.31. The van der Waals surface area contributed by atoms with E-state index in [2.05, 4.69) is 55.7 Å². The van der Waals surface area contributed by atoms with Gasteiger partial charge in [-0.1, -0.05) is 44.2 Å². The van der Waals surface area contributed by atoms with E-state index in [1.165, 1.54) is 5.56 Å². The van der Waals surface area contributed by atoms with Crippen molar-refractivity contribution >= 4 is 18.3 Å². The maximum Gasteiger partial charge on any atom is 0.223 e. The zero-order valence-electron chi connectivity index (χ0n) is 13.8. The average molecular weight is 325 g/mol. The first-order valence-corrected chi connectivity index (χ1v) is 8.14. The highest BCUT2D eigenvalue weighted by Gasteiger charge is 2.25. The molecule has 3 nitrogen and oxygen atoms in total. The standard InChI is InChI=1S/C18H28N2O.ClH/c1-13(2)17(15-7-5-4-6-8-15)12-20-18(21)16-9-10-19-14(3)11-16;/h4-8,13-14,16-17,19H,9-12H2,1-3H3,(H,20,21);1H/t14-,16-,17?;/m0./s1. The third-order valence-corrected chi connectivity index (χ3v) is 4.52. The van der Waals surface area contributed by atoms with Crippen molar-refractivity contribution in [1.29, 1.82) is 0 Å². The van der Waals surface area contributed by atoms with Gasteiger partial charge in [-0.15, -0.1) is 12.4 Å². The molecule has 2 rings (SSSR count). The molecule has 1 aliphatic rings. The first-order valence-electron chi connectivity index (χ1n) is 8.14. The number of amides is 1. The van der Waals surface area contributed by atoms with Gasteiger partial charge in [-0.25, -0.2) is 0 Å². The third-order valence-electron chi connectivity index (χ3n) is 4.52. The lowest BCUT2D eigenvalue weighted by Gasteiger charge is -2.28. The molecule has 2 N–H and O–H groups in total. The van der Waals surface area contributed by atoms with Crippen LogP contribution in [0.4, 0.5) is 0 Å². The van der Waals surface area contributed by atoms with Gasteiger partial charge in [0.15, 0.2) is 0 Å². The van der Waals surface area contributed by atoms with Gasteiger partial charge in [-0.05, 0) is 37.8 Å². The van der Waals surface area contributed by atoms with Crippen molar-refractivity contribution < 1.29 is 4.79 Å². The summed E-state index contributed by atoms with van der Waals surface area (Å²) in [6.45, 7) is 8.28. The van der Waals surface area contributed by atoms with Crippen LogP contribution in [0.5, 0.6) is 0 Å².